The average molecular weight is 1550 g/mol. The van der Waals surface area contributed by atoms with Crippen LogP contribution in [0.4, 0.5) is 28.4 Å². The van der Waals surface area contributed by atoms with E-state index in [1.165, 1.54) is 106 Å². The van der Waals surface area contributed by atoms with Crippen LogP contribution in [0, 0.1) is 0 Å². The van der Waals surface area contributed by atoms with E-state index in [4.69, 9.17) is 8.83 Å². The van der Waals surface area contributed by atoms with E-state index in [-0.39, 0.29) is 7.43 Å². The SMILES string of the molecule is Brc1cc2c(c3oc4ccccc4c13)-c1ccccc1C2(c1ccccc1)c1ccccc1.C.c1ccc(-c2ccc(N(c3ccc(-c4ccccc4)cc3)c3cc4c(c5oc6ccccc6c35)-c3ccccc3C4(c3ccccc3)c3ccccc3)cc2)cc1.c1ccc(-c2ccc(Nc3ccc(-c4ccccc4)cc3)cc2)cc1. The molecule has 0 radical (unpaired) electrons. The van der Waals surface area contributed by atoms with Crippen LogP contribution in [0.15, 0.2) is 462 Å². The van der Waals surface area contributed by atoms with Crippen LogP contribution >= 0.6 is 15.9 Å². The first-order valence-corrected chi connectivity index (χ1v) is 40.0. The molecule has 552 valence electrons. The van der Waals surface area contributed by atoms with Crippen LogP contribution < -0.4 is 10.2 Å². The summed E-state index contributed by atoms with van der Waals surface area (Å²) in [6.07, 6.45) is 0. The molecule has 0 bridgehead atoms. The Morgan fingerprint density at radius 3 is 0.888 bits per heavy atom. The van der Waals surface area contributed by atoms with Gasteiger partial charge in [0.2, 0.25) is 0 Å². The molecule has 2 aliphatic carbocycles. The summed E-state index contributed by atoms with van der Waals surface area (Å²) >= 11 is 3.93. The van der Waals surface area contributed by atoms with E-state index >= 15 is 0 Å². The van der Waals surface area contributed by atoms with Crippen molar-refractivity contribution in [3.05, 3.63) is 498 Å². The van der Waals surface area contributed by atoms with Gasteiger partial charge in [0.15, 0.2) is 0 Å². The molecule has 22 rings (SSSR count). The van der Waals surface area contributed by atoms with Crippen molar-refractivity contribution < 1.29 is 8.83 Å². The molecule has 0 saturated heterocycles. The standard InChI is InChI=1S/C55H37NO.C31H19BrO.C24H19N.CH4/c1-5-17-38(18-6-1)40-29-33-44(34-30-40)56(45-35-31-41(32-36-45)39-19-7-2-8-20-39)50-37-49-52(54-53(50)47-26-14-16-28-51(47)57-54)46-25-13-15-27-48(46)55(49,42-21-9-3-10-22-42)43-23-11-4-12-24-43;32-26-19-25-28(30-29(26)23-16-8-10-18-27(23)33-30)22-15-7-9-17-24(22)31(25,20-11-3-1-4-12-20)21-13-5-2-6-14-21;1-3-7-19(8-4-1)21-11-15-23(16-12-21)25-24-17-13-22(14-18-24)20-9-5-2-6-10-20;/h1-37H;1-19H;1-18,25H;1H4. The molecular formula is C111H79BrN2O2. The lowest BCUT2D eigenvalue weighted by atomic mass is 9.67. The fourth-order valence-corrected chi connectivity index (χ4v) is 18.5. The van der Waals surface area contributed by atoms with Crippen molar-refractivity contribution in [2.75, 3.05) is 10.2 Å². The van der Waals surface area contributed by atoms with Crippen molar-refractivity contribution in [1.29, 1.82) is 0 Å². The van der Waals surface area contributed by atoms with E-state index in [2.05, 4.69) is 457 Å². The smallest absolute Gasteiger partial charge is 0.145 e. The summed E-state index contributed by atoms with van der Waals surface area (Å²) in [5, 5.41) is 7.91. The summed E-state index contributed by atoms with van der Waals surface area (Å²) in [5.41, 5.74) is 32.3. The molecule has 0 amide bonds. The second kappa shape index (κ2) is 31.0. The molecule has 0 saturated carbocycles. The first-order chi connectivity index (χ1) is 57.0. The zero-order chi connectivity index (χ0) is 76.7. The first kappa shape index (κ1) is 71.9. The Hall–Kier alpha value is -14.4. The van der Waals surface area contributed by atoms with Gasteiger partial charge in [-0.3, -0.25) is 0 Å². The summed E-state index contributed by atoms with van der Waals surface area (Å²) in [7, 11) is 0. The number of anilines is 5. The molecule has 116 heavy (non-hydrogen) atoms. The largest absolute Gasteiger partial charge is 0.455 e. The van der Waals surface area contributed by atoms with Crippen LogP contribution in [0.1, 0.15) is 51.9 Å². The molecule has 5 heteroatoms. The van der Waals surface area contributed by atoms with E-state index in [1.54, 1.807) is 0 Å². The molecule has 2 aromatic heterocycles. The lowest BCUT2D eigenvalue weighted by molar-refractivity contribution is 0.668. The van der Waals surface area contributed by atoms with Crippen molar-refractivity contribution >= 4 is 88.2 Å². The number of nitrogens with zero attached hydrogens (tertiary/aromatic N) is 1. The number of rotatable bonds is 13. The zero-order valence-electron chi connectivity index (χ0n) is 62.9. The van der Waals surface area contributed by atoms with Gasteiger partial charge in [0.1, 0.15) is 22.3 Å². The minimum absolute atomic E-state index is 0. The van der Waals surface area contributed by atoms with Crippen molar-refractivity contribution in [3.8, 4) is 66.8 Å². The molecule has 20 aromatic rings. The maximum absolute atomic E-state index is 7.11. The van der Waals surface area contributed by atoms with Crippen molar-refractivity contribution in [2.24, 2.45) is 0 Å². The predicted molar refractivity (Wildman–Crippen MR) is 489 cm³/mol. The highest BCUT2D eigenvalue weighted by molar-refractivity contribution is 9.10. The van der Waals surface area contributed by atoms with Crippen LogP contribution in [0.5, 0.6) is 0 Å². The molecule has 4 nitrogen and oxygen atoms in total. The van der Waals surface area contributed by atoms with Crippen LogP contribution in [0.25, 0.3) is 111 Å². The normalized spacial score (nSPS) is 12.4. The summed E-state index contributed by atoms with van der Waals surface area (Å²) in [6, 6.07) is 160. The Morgan fingerprint density at radius 1 is 0.250 bits per heavy atom. The number of furan rings is 2. The number of nitrogens with one attached hydrogen (secondary N) is 1. The van der Waals surface area contributed by atoms with Crippen LogP contribution in [-0.2, 0) is 10.8 Å². The zero-order valence-corrected chi connectivity index (χ0v) is 64.5. The lowest BCUT2D eigenvalue weighted by Crippen LogP contribution is -2.28. The van der Waals surface area contributed by atoms with Gasteiger partial charge in [-0.1, -0.05) is 399 Å². The Labute approximate surface area is 685 Å². The summed E-state index contributed by atoms with van der Waals surface area (Å²) < 4.78 is 14.7. The fraction of sp³-hybridized carbons (Fsp3) is 0.0270. The average Bonchev–Trinajstić information content (AvgIpc) is 1.52. The number of hydrogen-bond donors (Lipinski definition) is 1. The number of benzene rings is 18. The second-order valence-corrected chi connectivity index (χ2v) is 30.3. The van der Waals surface area contributed by atoms with Gasteiger partial charge in [-0.15, -0.1) is 0 Å². The van der Waals surface area contributed by atoms with E-state index in [9.17, 15) is 0 Å². The summed E-state index contributed by atoms with van der Waals surface area (Å²) in [5.74, 6) is 0. The maximum atomic E-state index is 7.11. The van der Waals surface area contributed by atoms with Gasteiger partial charge in [0.05, 0.1) is 21.9 Å². The first-order valence-electron chi connectivity index (χ1n) is 39.2. The van der Waals surface area contributed by atoms with Gasteiger partial charge in [-0.05, 0) is 173 Å². The molecule has 2 heterocycles. The van der Waals surface area contributed by atoms with Crippen LogP contribution in [0.3, 0.4) is 0 Å². The van der Waals surface area contributed by atoms with Gasteiger partial charge in [-0.2, -0.15) is 0 Å². The van der Waals surface area contributed by atoms with Crippen LogP contribution in [-0.4, -0.2) is 0 Å². The Morgan fingerprint density at radius 2 is 0.526 bits per heavy atom. The van der Waals surface area contributed by atoms with E-state index in [0.717, 1.165) is 82.4 Å². The van der Waals surface area contributed by atoms with Gasteiger partial charge in [0.25, 0.3) is 0 Å². The molecule has 1 N–H and O–H groups in total. The summed E-state index contributed by atoms with van der Waals surface area (Å²) in [4.78, 5) is 2.43. The molecule has 0 aliphatic heterocycles. The Bertz CT molecular complexity index is 6620. The lowest BCUT2D eigenvalue weighted by Gasteiger charge is -2.35. The van der Waals surface area contributed by atoms with Crippen molar-refractivity contribution in [2.45, 2.75) is 18.3 Å². The molecule has 18 aromatic carbocycles. The second-order valence-electron chi connectivity index (χ2n) is 29.4. The molecule has 0 unspecified atom stereocenters. The maximum Gasteiger partial charge on any atom is 0.145 e. The van der Waals surface area contributed by atoms with E-state index < -0.39 is 10.8 Å². The molecule has 2 aliphatic rings. The van der Waals surface area contributed by atoms with Gasteiger partial charge < -0.3 is 19.1 Å². The van der Waals surface area contributed by atoms with Gasteiger partial charge in [-0.25, -0.2) is 0 Å². The van der Waals surface area contributed by atoms with Crippen molar-refractivity contribution in [3.63, 3.8) is 0 Å². The third-order valence-corrected chi connectivity index (χ3v) is 23.7. The Kier molecular flexibility index (Phi) is 19.2. The number of hydrogen-bond acceptors (Lipinski definition) is 4. The predicted octanol–water partition coefficient (Wildman–Crippen LogP) is 30.9. The highest BCUT2D eigenvalue weighted by Gasteiger charge is 2.50. The Balaban J connectivity index is 0.000000128. The van der Waals surface area contributed by atoms with Crippen LogP contribution in [0.2, 0.25) is 0 Å². The summed E-state index contributed by atoms with van der Waals surface area (Å²) in [6.45, 7) is 0. The molecule has 0 spiro atoms. The third kappa shape index (κ3) is 12.6. The minimum Gasteiger partial charge on any atom is -0.455 e. The number of halogens is 1. The van der Waals surface area contributed by atoms with E-state index in [1.807, 2.05) is 18.2 Å². The minimum atomic E-state index is -0.601. The molecular weight excluding hydrogens is 1470 g/mol. The van der Waals surface area contributed by atoms with E-state index in [0.29, 0.717) is 0 Å². The molecule has 0 fully saturated rings. The molecule has 0 atom stereocenters. The highest BCUT2D eigenvalue weighted by atomic mass is 79.9. The monoisotopic (exact) mass is 1550 g/mol. The van der Waals surface area contributed by atoms with Gasteiger partial charge >= 0.3 is 0 Å². The van der Waals surface area contributed by atoms with Gasteiger partial charge in [0, 0.05) is 54.5 Å². The fourth-order valence-electron chi connectivity index (χ4n) is 17.9. The third-order valence-electron chi connectivity index (χ3n) is 23.0. The topological polar surface area (TPSA) is 41.6 Å². The number of fused-ring (bicyclic) bond motifs is 14. The highest BCUT2D eigenvalue weighted by Crippen LogP contribution is 2.63. The quantitative estimate of drug-likeness (QED) is 0.125. The number of para-hydroxylation sites is 2. The van der Waals surface area contributed by atoms with Crippen molar-refractivity contribution in [1.82, 2.24) is 0 Å².